The first kappa shape index (κ1) is 15.7. The second kappa shape index (κ2) is 7.33. The molecule has 0 amide bonds. The van der Waals surface area contributed by atoms with Gasteiger partial charge in [-0.05, 0) is 35.7 Å². The third-order valence-corrected chi connectivity index (χ3v) is 4.17. The topological polar surface area (TPSA) is 12.0 Å². The maximum atomic E-state index is 6.27. The second-order valence-electron chi connectivity index (χ2n) is 4.60. The fourth-order valence-corrected chi connectivity index (χ4v) is 2.88. The summed E-state index contributed by atoms with van der Waals surface area (Å²) >= 11 is 18.4. The molecule has 0 saturated carbocycles. The summed E-state index contributed by atoms with van der Waals surface area (Å²) in [7, 11) is 0. The Labute approximate surface area is 134 Å². The van der Waals surface area contributed by atoms with Crippen LogP contribution in [0.5, 0.6) is 0 Å². The molecule has 0 saturated heterocycles. The molecule has 0 aromatic heterocycles. The Morgan fingerprint density at radius 3 is 2.40 bits per heavy atom. The third kappa shape index (κ3) is 3.89. The first-order chi connectivity index (χ1) is 9.61. The molecule has 106 valence electrons. The van der Waals surface area contributed by atoms with Crippen molar-refractivity contribution in [2.45, 2.75) is 25.9 Å². The highest BCUT2D eigenvalue weighted by Crippen LogP contribution is 2.28. The first-order valence-electron chi connectivity index (χ1n) is 6.53. The molecule has 1 unspecified atom stereocenters. The minimum absolute atomic E-state index is 0.177. The Morgan fingerprint density at radius 1 is 1.00 bits per heavy atom. The standard InChI is InChI=1S/C16H16Cl3N/c1-2-16(13-8-7-12(17)9-15(13)19)20-10-11-5-3-4-6-14(11)18/h3-9,16,20H,2,10H2,1H3. The monoisotopic (exact) mass is 327 g/mol. The van der Waals surface area contributed by atoms with Crippen molar-refractivity contribution in [1.82, 2.24) is 5.32 Å². The van der Waals surface area contributed by atoms with Crippen LogP contribution in [0.4, 0.5) is 0 Å². The van der Waals surface area contributed by atoms with E-state index < -0.39 is 0 Å². The van der Waals surface area contributed by atoms with Crippen LogP contribution in [0, 0.1) is 0 Å². The van der Waals surface area contributed by atoms with Crippen molar-refractivity contribution in [3.8, 4) is 0 Å². The third-order valence-electron chi connectivity index (χ3n) is 3.24. The molecule has 1 nitrogen and oxygen atoms in total. The van der Waals surface area contributed by atoms with Crippen molar-refractivity contribution in [2.75, 3.05) is 0 Å². The minimum atomic E-state index is 0.177. The van der Waals surface area contributed by atoms with E-state index in [2.05, 4.69) is 12.2 Å². The van der Waals surface area contributed by atoms with Gasteiger partial charge in [-0.2, -0.15) is 0 Å². The van der Waals surface area contributed by atoms with Crippen LogP contribution in [0.25, 0.3) is 0 Å². The van der Waals surface area contributed by atoms with Gasteiger partial charge in [0, 0.05) is 27.7 Å². The van der Waals surface area contributed by atoms with Crippen molar-refractivity contribution in [1.29, 1.82) is 0 Å². The lowest BCUT2D eigenvalue weighted by Crippen LogP contribution is -2.20. The van der Waals surface area contributed by atoms with E-state index in [-0.39, 0.29) is 6.04 Å². The molecule has 0 spiro atoms. The quantitative estimate of drug-likeness (QED) is 0.722. The maximum Gasteiger partial charge on any atom is 0.0468 e. The normalized spacial score (nSPS) is 12.4. The fourth-order valence-electron chi connectivity index (χ4n) is 2.13. The van der Waals surface area contributed by atoms with Crippen LogP contribution in [-0.4, -0.2) is 0 Å². The Morgan fingerprint density at radius 2 is 1.75 bits per heavy atom. The smallest absolute Gasteiger partial charge is 0.0468 e. The predicted molar refractivity (Wildman–Crippen MR) is 87.8 cm³/mol. The van der Waals surface area contributed by atoms with E-state index in [0.717, 1.165) is 22.6 Å². The van der Waals surface area contributed by atoms with Gasteiger partial charge in [-0.25, -0.2) is 0 Å². The summed E-state index contributed by atoms with van der Waals surface area (Å²) < 4.78 is 0. The van der Waals surface area contributed by atoms with Crippen LogP contribution in [0.2, 0.25) is 15.1 Å². The molecule has 0 aliphatic rings. The van der Waals surface area contributed by atoms with Gasteiger partial charge in [0.1, 0.15) is 0 Å². The molecule has 0 bridgehead atoms. The molecule has 20 heavy (non-hydrogen) atoms. The summed E-state index contributed by atoms with van der Waals surface area (Å²) in [5.74, 6) is 0. The molecule has 1 atom stereocenters. The Kier molecular flexibility index (Phi) is 5.74. The Hall–Kier alpha value is -0.730. The highest BCUT2D eigenvalue weighted by Gasteiger charge is 2.13. The molecule has 4 heteroatoms. The average Bonchev–Trinajstić information content (AvgIpc) is 2.43. The zero-order valence-electron chi connectivity index (χ0n) is 11.2. The molecule has 2 aromatic carbocycles. The van der Waals surface area contributed by atoms with E-state index in [1.165, 1.54) is 0 Å². The SMILES string of the molecule is CCC(NCc1ccccc1Cl)c1ccc(Cl)cc1Cl. The van der Waals surface area contributed by atoms with E-state index in [0.29, 0.717) is 16.6 Å². The molecular weight excluding hydrogens is 313 g/mol. The van der Waals surface area contributed by atoms with Crippen molar-refractivity contribution in [2.24, 2.45) is 0 Å². The van der Waals surface area contributed by atoms with Gasteiger partial charge in [-0.15, -0.1) is 0 Å². The summed E-state index contributed by atoms with van der Waals surface area (Å²) in [5.41, 5.74) is 2.14. The number of nitrogens with one attached hydrogen (secondary N) is 1. The van der Waals surface area contributed by atoms with Crippen LogP contribution in [0.15, 0.2) is 42.5 Å². The van der Waals surface area contributed by atoms with E-state index in [1.54, 1.807) is 6.07 Å². The Bertz CT molecular complexity index is 584. The summed E-state index contributed by atoms with van der Waals surface area (Å²) in [6, 6.07) is 13.6. The molecule has 1 N–H and O–H groups in total. The Balaban J connectivity index is 2.11. The van der Waals surface area contributed by atoms with E-state index in [1.807, 2.05) is 36.4 Å². The summed E-state index contributed by atoms with van der Waals surface area (Å²) in [5, 5.41) is 5.61. The zero-order valence-corrected chi connectivity index (χ0v) is 13.4. The maximum absolute atomic E-state index is 6.27. The van der Waals surface area contributed by atoms with Gasteiger partial charge in [0.25, 0.3) is 0 Å². The lowest BCUT2D eigenvalue weighted by Gasteiger charge is -2.19. The van der Waals surface area contributed by atoms with Crippen molar-refractivity contribution in [3.05, 3.63) is 68.7 Å². The molecule has 0 aliphatic carbocycles. The van der Waals surface area contributed by atoms with Gasteiger partial charge < -0.3 is 5.32 Å². The second-order valence-corrected chi connectivity index (χ2v) is 5.85. The number of rotatable bonds is 5. The molecule has 0 fully saturated rings. The van der Waals surface area contributed by atoms with Gasteiger partial charge >= 0.3 is 0 Å². The van der Waals surface area contributed by atoms with E-state index in [9.17, 15) is 0 Å². The summed E-state index contributed by atoms with van der Waals surface area (Å²) in [6.07, 6.45) is 0.936. The van der Waals surface area contributed by atoms with Crippen molar-refractivity contribution >= 4 is 34.8 Å². The number of hydrogen-bond donors (Lipinski definition) is 1. The van der Waals surface area contributed by atoms with E-state index in [4.69, 9.17) is 34.8 Å². The zero-order chi connectivity index (χ0) is 14.5. The molecule has 0 heterocycles. The number of hydrogen-bond acceptors (Lipinski definition) is 1. The number of benzene rings is 2. The van der Waals surface area contributed by atoms with Crippen LogP contribution < -0.4 is 5.32 Å². The average molecular weight is 329 g/mol. The highest BCUT2D eigenvalue weighted by molar-refractivity contribution is 6.35. The lowest BCUT2D eigenvalue weighted by atomic mass is 10.0. The lowest BCUT2D eigenvalue weighted by molar-refractivity contribution is 0.519. The fraction of sp³-hybridized carbons (Fsp3) is 0.250. The molecule has 0 aliphatic heterocycles. The van der Waals surface area contributed by atoms with Crippen LogP contribution >= 0.6 is 34.8 Å². The van der Waals surface area contributed by atoms with Gasteiger partial charge in [-0.1, -0.05) is 66.0 Å². The molecular formula is C16H16Cl3N. The van der Waals surface area contributed by atoms with Gasteiger partial charge in [0.2, 0.25) is 0 Å². The molecule has 2 aromatic rings. The van der Waals surface area contributed by atoms with Gasteiger partial charge in [0.05, 0.1) is 0 Å². The highest BCUT2D eigenvalue weighted by atomic mass is 35.5. The first-order valence-corrected chi connectivity index (χ1v) is 7.67. The van der Waals surface area contributed by atoms with Crippen LogP contribution in [0.3, 0.4) is 0 Å². The van der Waals surface area contributed by atoms with Crippen LogP contribution in [0.1, 0.15) is 30.5 Å². The van der Waals surface area contributed by atoms with Crippen LogP contribution in [-0.2, 0) is 6.54 Å². The largest absolute Gasteiger partial charge is 0.306 e. The van der Waals surface area contributed by atoms with Crippen molar-refractivity contribution < 1.29 is 0 Å². The van der Waals surface area contributed by atoms with E-state index >= 15 is 0 Å². The van der Waals surface area contributed by atoms with Gasteiger partial charge in [-0.3, -0.25) is 0 Å². The molecule has 0 radical (unpaired) electrons. The minimum Gasteiger partial charge on any atom is -0.306 e. The summed E-state index contributed by atoms with van der Waals surface area (Å²) in [6.45, 7) is 2.83. The molecule has 2 rings (SSSR count). The van der Waals surface area contributed by atoms with Gasteiger partial charge in [0.15, 0.2) is 0 Å². The predicted octanol–water partition coefficient (Wildman–Crippen LogP) is 5.89. The number of halogens is 3. The summed E-state index contributed by atoms with van der Waals surface area (Å²) in [4.78, 5) is 0. The van der Waals surface area contributed by atoms with Crippen molar-refractivity contribution in [3.63, 3.8) is 0 Å².